The van der Waals surface area contributed by atoms with Crippen LogP contribution in [0.1, 0.15) is 93.7 Å². The van der Waals surface area contributed by atoms with E-state index in [0.717, 1.165) is 60.4 Å². The minimum absolute atomic E-state index is 0.307. The van der Waals surface area contributed by atoms with Crippen molar-refractivity contribution >= 4 is 0 Å². The lowest BCUT2D eigenvalue weighted by molar-refractivity contribution is -0.185. The molecule has 0 heterocycles. The highest BCUT2D eigenvalue weighted by Gasteiger charge is 2.36. The first-order chi connectivity index (χ1) is 16.7. The summed E-state index contributed by atoms with van der Waals surface area (Å²) in [6, 6.07) is 9.56. The summed E-state index contributed by atoms with van der Waals surface area (Å²) in [5.41, 5.74) is -0.140. The molecule has 2 aliphatic rings. The van der Waals surface area contributed by atoms with Crippen LogP contribution in [0.25, 0.3) is 0 Å². The van der Waals surface area contributed by atoms with Gasteiger partial charge in [-0.1, -0.05) is 44.7 Å². The van der Waals surface area contributed by atoms with Gasteiger partial charge >= 0.3 is 12.3 Å². The Hall–Kier alpha value is -2.11. The summed E-state index contributed by atoms with van der Waals surface area (Å²) in [6.07, 6.45) is 4.59. The van der Waals surface area contributed by atoms with Gasteiger partial charge in [0, 0.05) is 0 Å². The Morgan fingerprint density at radius 3 is 1.71 bits per heavy atom. The van der Waals surface area contributed by atoms with E-state index in [1.54, 1.807) is 12.1 Å². The van der Waals surface area contributed by atoms with Crippen molar-refractivity contribution in [3.8, 4) is 5.75 Å². The van der Waals surface area contributed by atoms with Crippen LogP contribution < -0.4 is 4.74 Å². The highest BCUT2D eigenvalue weighted by atomic mass is 19.4. The van der Waals surface area contributed by atoms with Gasteiger partial charge in [-0.05, 0) is 104 Å². The molecule has 0 aliphatic heterocycles. The van der Waals surface area contributed by atoms with E-state index in [-0.39, 0.29) is 11.3 Å². The monoisotopic (exact) mass is 494 g/mol. The van der Waals surface area contributed by atoms with Crippen molar-refractivity contribution in [2.45, 2.75) is 89.3 Å². The fraction of sp³-hybridized carbons (Fsp3) is 0.586. The zero-order valence-corrected chi connectivity index (χ0v) is 20.3. The normalized spacial score (nSPS) is 25.9. The van der Waals surface area contributed by atoms with Crippen LogP contribution in [0.2, 0.25) is 0 Å². The Labute approximate surface area is 205 Å². The van der Waals surface area contributed by atoms with Crippen LogP contribution in [-0.2, 0) is 12.3 Å². The number of hydrogen-bond donors (Lipinski definition) is 0. The number of benzene rings is 2. The van der Waals surface area contributed by atoms with Gasteiger partial charge in [0.15, 0.2) is 0 Å². The van der Waals surface area contributed by atoms with Crippen molar-refractivity contribution in [2.75, 3.05) is 0 Å². The van der Waals surface area contributed by atoms with Crippen molar-refractivity contribution < 1.29 is 26.7 Å². The number of hydrogen-bond acceptors (Lipinski definition) is 1. The van der Waals surface area contributed by atoms with Crippen LogP contribution in [0.4, 0.5) is 22.0 Å². The predicted octanol–water partition coefficient (Wildman–Crippen LogP) is 9.71. The fourth-order valence-corrected chi connectivity index (χ4v) is 6.15. The Morgan fingerprint density at radius 1 is 0.686 bits per heavy atom. The Kier molecular flexibility index (Phi) is 8.07. The molecule has 0 radical (unpaired) electrons. The fourth-order valence-electron chi connectivity index (χ4n) is 6.15. The van der Waals surface area contributed by atoms with E-state index in [0.29, 0.717) is 5.92 Å². The van der Waals surface area contributed by atoms with Gasteiger partial charge in [-0.2, -0.15) is 22.0 Å². The summed E-state index contributed by atoms with van der Waals surface area (Å²) >= 11 is 0. The standard InChI is InChI=1S/C29H35F5O/c1-2-3-20-4-6-21(7-5-20)22-8-10-23(11-9-22)24-12-14-26(15-13-24)29(33,34)35-27-18-16-25(17-19-27)28(30,31)32/h12-23H,2-11H2,1H3/t20-,21-,22?,23?. The first kappa shape index (κ1) is 26.0. The first-order valence-electron chi connectivity index (χ1n) is 13.0. The second kappa shape index (κ2) is 10.9. The number of rotatable bonds is 7. The van der Waals surface area contributed by atoms with Crippen molar-refractivity contribution in [1.82, 2.24) is 0 Å². The van der Waals surface area contributed by atoms with E-state index in [2.05, 4.69) is 6.92 Å². The van der Waals surface area contributed by atoms with Crippen LogP contribution in [0.3, 0.4) is 0 Å². The Bertz CT molecular complexity index is 919. The molecular formula is C29H35F5O. The maximum atomic E-state index is 14.6. The molecule has 0 saturated heterocycles. The van der Waals surface area contributed by atoms with Gasteiger partial charge in [0.25, 0.3) is 0 Å². The largest absolute Gasteiger partial charge is 0.429 e. The minimum atomic E-state index is -4.52. The van der Waals surface area contributed by atoms with Crippen LogP contribution in [0.5, 0.6) is 5.75 Å². The molecule has 0 aromatic heterocycles. The lowest BCUT2D eigenvalue weighted by Crippen LogP contribution is -2.25. The van der Waals surface area contributed by atoms with Gasteiger partial charge in [0.2, 0.25) is 0 Å². The summed E-state index contributed by atoms with van der Waals surface area (Å²) in [5.74, 6) is 2.66. The number of halogens is 5. The van der Waals surface area contributed by atoms with Gasteiger partial charge in [0.1, 0.15) is 5.75 Å². The first-order valence-corrected chi connectivity index (χ1v) is 13.0. The number of alkyl halides is 5. The summed E-state index contributed by atoms with van der Waals surface area (Å²) in [7, 11) is 0. The van der Waals surface area contributed by atoms with E-state index >= 15 is 0 Å². The molecule has 0 bridgehead atoms. The number of ether oxygens (including phenoxy) is 1. The lowest BCUT2D eigenvalue weighted by Gasteiger charge is -2.38. The molecule has 0 N–H and O–H groups in total. The SMILES string of the molecule is CCC[C@H]1CC[C@H](C2CCC(c3ccc(C(F)(F)Oc4ccc(C(F)(F)F)cc4)cc3)CC2)CC1. The molecule has 2 saturated carbocycles. The molecule has 2 aliphatic carbocycles. The van der Waals surface area contributed by atoms with Crippen LogP contribution >= 0.6 is 0 Å². The van der Waals surface area contributed by atoms with Crippen LogP contribution in [0, 0.1) is 17.8 Å². The van der Waals surface area contributed by atoms with Crippen molar-refractivity contribution in [3.63, 3.8) is 0 Å². The van der Waals surface area contributed by atoms with Crippen molar-refractivity contribution in [2.24, 2.45) is 17.8 Å². The summed E-state index contributed by atoms with van der Waals surface area (Å²) < 4.78 is 72.1. The van der Waals surface area contributed by atoms with E-state index in [1.165, 1.54) is 63.5 Å². The lowest BCUT2D eigenvalue weighted by atomic mass is 9.68. The van der Waals surface area contributed by atoms with E-state index < -0.39 is 17.8 Å². The molecule has 2 aromatic rings. The average Bonchev–Trinajstić information content (AvgIpc) is 2.84. The third-order valence-electron chi connectivity index (χ3n) is 8.17. The zero-order valence-electron chi connectivity index (χ0n) is 20.3. The highest BCUT2D eigenvalue weighted by molar-refractivity contribution is 5.31. The van der Waals surface area contributed by atoms with E-state index in [9.17, 15) is 22.0 Å². The molecule has 0 spiro atoms. The summed E-state index contributed by atoms with van der Waals surface area (Å²) in [4.78, 5) is 0. The van der Waals surface area contributed by atoms with E-state index in [4.69, 9.17) is 4.74 Å². The molecule has 2 aromatic carbocycles. The molecule has 0 unspecified atom stereocenters. The minimum Gasteiger partial charge on any atom is -0.429 e. The van der Waals surface area contributed by atoms with Crippen LogP contribution in [0.15, 0.2) is 48.5 Å². The second-order valence-electron chi connectivity index (χ2n) is 10.4. The smallest absolute Gasteiger partial charge is 0.426 e. The molecule has 35 heavy (non-hydrogen) atoms. The zero-order chi connectivity index (χ0) is 25.1. The molecule has 6 heteroatoms. The van der Waals surface area contributed by atoms with Gasteiger partial charge in [0.05, 0.1) is 11.1 Å². The summed E-state index contributed by atoms with van der Waals surface area (Å²) in [6.45, 7) is 2.27. The van der Waals surface area contributed by atoms with Gasteiger partial charge in [-0.3, -0.25) is 0 Å². The molecule has 1 nitrogen and oxygen atoms in total. The van der Waals surface area contributed by atoms with Crippen LogP contribution in [-0.4, -0.2) is 0 Å². The average molecular weight is 495 g/mol. The third-order valence-corrected chi connectivity index (χ3v) is 8.17. The second-order valence-corrected chi connectivity index (χ2v) is 10.4. The molecular weight excluding hydrogens is 459 g/mol. The van der Waals surface area contributed by atoms with Crippen molar-refractivity contribution in [1.29, 1.82) is 0 Å². The predicted molar refractivity (Wildman–Crippen MR) is 127 cm³/mol. The molecule has 0 amide bonds. The topological polar surface area (TPSA) is 9.23 Å². The Balaban J connectivity index is 1.30. The highest BCUT2D eigenvalue weighted by Crippen LogP contribution is 2.45. The van der Waals surface area contributed by atoms with Gasteiger partial charge < -0.3 is 4.74 Å². The van der Waals surface area contributed by atoms with Crippen molar-refractivity contribution in [3.05, 3.63) is 65.2 Å². The molecule has 0 atom stereocenters. The molecule has 192 valence electrons. The summed E-state index contributed by atoms with van der Waals surface area (Å²) in [5, 5.41) is 0. The quantitative estimate of drug-likeness (QED) is 0.348. The maximum Gasteiger partial charge on any atom is 0.426 e. The van der Waals surface area contributed by atoms with E-state index in [1.807, 2.05) is 0 Å². The molecule has 2 fully saturated rings. The molecule has 4 rings (SSSR count). The Morgan fingerprint density at radius 2 is 1.20 bits per heavy atom. The van der Waals surface area contributed by atoms with Gasteiger partial charge in [-0.25, -0.2) is 0 Å². The maximum absolute atomic E-state index is 14.6. The third kappa shape index (κ3) is 6.56. The van der Waals surface area contributed by atoms with Gasteiger partial charge in [-0.15, -0.1) is 0 Å².